The van der Waals surface area contributed by atoms with Crippen LogP contribution in [0, 0.1) is 12.9 Å². The van der Waals surface area contributed by atoms with Gasteiger partial charge in [0.25, 0.3) is 0 Å². The predicted octanol–water partition coefficient (Wildman–Crippen LogP) is 4.06. The topological polar surface area (TPSA) is 37.4 Å². The molecule has 0 aliphatic rings. The quantitative estimate of drug-likeness (QED) is 0.442. The van der Waals surface area contributed by atoms with Gasteiger partial charge in [-0.3, -0.25) is 4.90 Å². The summed E-state index contributed by atoms with van der Waals surface area (Å²) in [5.74, 6) is -0.404. The van der Waals surface area contributed by atoms with Crippen molar-refractivity contribution in [2.75, 3.05) is 39.4 Å². The lowest BCUT2D eigenvalue weighted by Gasteiger charge is -2.25. The Balaban J connectivity index is 2.06. The number of nitrogens with one attached hydrogen (secondary N) is 1. The Morgan fingerprint density at radius 2 is 2.04 bits per heavy atom. The van der Waals surface area contributed by atoms with Gasteiger partial charge in [0.2, 0.25) is 5.95 Å². The zero-order valence-electron chi connectivity index (χ0n) is 17.2. The van der Waals surface area contributed by atoms with Crippen LogP contribution in [0.25, 0.3) is 5.57 Å². The summed E-state index contributed by atoms with van der Waals surface area (Å²) in [6.07, 6.45) is 3.62. The number of aromatic nitrogens is 1. The first-order valence-electron chi connectivity index (χ1n) is 9.97. The van der Waals surface area contributed by atoms with Crippen molar-refractivity contribution < 1.29 is 9.13 Å². The summed E-state index contributed by atoms with van der Waals surface area (Å²) in [5.41, 5.74) is 4.31. The van der Waals surface area contributed by atoms with Gasteiger partial charge in [-0.25, -0.2) is 4.98 Å². The van der Waals surface area contributed by atoms with Crippen LogP contribution in [0.3, 0.4) is 0 Å². The molecule has 0 aliphatic carbocycles. The third-order valence-corrected chi connectivity index (χ3v) is 4.69. The molecule has 0 amide bonds. The van der Waals surface area contributed by atoms with E-state index < -0.39 is 5.95 Å². The average Bonchev–Trinajstić information content (AvgIpc) is 2.70. The Morgan fingerprint density at radius 3 is 2.75 bits per heavy atom. The van der Waals surface area contributed by atoms with Gasteiger partial charge < -0.3 is 10.1 Å². The number of benzene rings is 1. The molecule has 0 fully saturated rings. The maximum Gasteiger partial charge on any atom is 0.217 e. The fraction of sp³-hybridized carbons (Fsp3) is 0.435. The lowest BCUT2D eigenvalue weighted by molar-refractivity contribution is 0.107. The molecule has 0 spiro atoms. The van der Waals surface area contributed by atoms with Crippen LogP contribution in [0.1, 0.15) is 30.5 Å². The maximum absolute atomic E-state index is 14.1. The molecule has 1 N–H and O–H groups in total. The van der Waals surface area contributed by atoms with E-state index in [1.54, 1.807) is 12.1 Å². The first-order chi connectivity index (χ1) is 13.7. The zero-order chi connectivity index (χ0) is 20.2. The van der Waals surface area contributed by atoms with Gasteiger partial charge in [-0.05, 0) is 43.2 Å². The number of ether oxygens (including phenoxy) is 1. The molecule has 0 aliphatic heterocycles. The molecule has 4 nitrogen and oxygen atoms in total. The normalized spacial score (nSPS) is 12.0. The fourth-order valence-electron chi connectivity index (χ4n) is 3.12. The van der Waals surface area contributed by atoms with Crippen LogP contribution in [0.4, 0.5) is 4.39 Å². The van der Waals surface area contributed by atoms with Crippen LogP contribution in [-0.2, 0) is 11.3 Å². The maximum atomic E-state index is 14.1. The molecule has 1 heterocycles. The molecule has 28 heavy (non-hydrogen) atoms. The second-order valence-corrected chi connectivity index (χ2v) is 6.76. The summed E-state index contributed by atoms with van der Waals surface area (Å²) >= 11 is 0. The molecular weight excluding hydrogens is 353 g/mol. The third-order valence-electron chi connectivity index (χ3n) is 4.69. The molecule has 2 rings (SSSR count). The Bertz CT molecular complexity index is 748. The van der Waals surface area contributed by atoms with E-state index >= 15 is 0 Å². The van der Waals surface area contributed by atoms with Crippen LogP contribution in [-0.4, -0.2) is 49.3 Å². The number of likely N-dealkylation sites (N-methyl/N-ethyl adjacent to an activating group) is 1. The lowest BCUT2D eigenvalue weighted by Crippen LogP contribution is -2.30. The molecule has 1 aromatic heterocycles. The van der Waals surface area contributed by atoms with Gasteiger partial charge in [0.1, 0.15) is 0 Å². The highest BCUT2D eigenvalue weighted by Crippen LogP contribution is 2.21. The minimum Gasteiger partial charge on any atom is -0.379 e. The van der Waals surface area contributed by atoms with Crippen molar-refractivity contribution in [2.45, 2.75) is 27.3 Å². The number of hydrogen-bond acceptors (Lipinski definition) is 4. The van der Waals surface area contributed by atoms with Gasteiger partial charge in [0, 0.05) is 37.9 Å². The highest BCUT2D eigenvalue weighted by Gasteiger charge is 2.14. The van der Waals surface area contributed by atoms with Gasteiger partial charge in [-0.2, -0.15) is 4.39 Å². The number of hydrogen-bond donors (Lipinski definition) is 1. The van der Waals surface area contributed by atoms with E-state index in [1.165, 1.54) is 22.9 Å². The Morgan fingerprint density at radius 1 is 1.21 bits per heavy atom. The molecule has 5 heteroatoms. The standard InChI is InChI=1S/C23H32FN3O/c1-4-20(22-11-7-6-9-19(22)3)17-27(14-16-28-15-13-25-5-2)18-21-10-8-12-26-23(21)24/h4,6-12,25H,5,13-18H2,1-3H3/b20-4-. The van der Waals surface area contributed by atoms with Crippen molar-refractivity contribution in [3.05, 3.63) is 71.3 Å². The lowest BCUT2D eigenvalue weighted by atomic mass is 10.00. The van der Waals surface area contributed by atoms with Gasteiger partial charge in [-0.15, -0.1) is 0 Å². The van der Waals surface area contributed by atoms with Crippen LogP contribution < -0.4 is 5.32 Å². The van der Waals surface area contributed by atoms with Gasteiger partial charge in [-0.1, -0.05) is 43.3 Å². The average molecular weight is 386 g/mol. The first kappa shape index (κ1) is 22.2. The second kappa shape index (κ2) is 12.4. The van der Waals surface area contributed by atoms with Gasteiger partial charge >= 0.3 is 0 Å². The molecule has 0 atom stereocenters. The van der Waals surface area contributed by atoms with E-state index in [-0.39, 0.29) is 0 Å². The first-order valence-corrected chi connectivity index (χ1v) is 9.97. The summed E-state index contributed by atoms with van der Waals surface area (Å²) in [6.45, 7) is 11.3. The summed E-state index contributed by atoms with van der Waals surface area (Å²) < 4.78 is 19.8. The van der Waals surface area contributed by atoms with Crippen molar-refractivity contribution in [3.63, 3.8) is 0 Å². The number of rotatable bonds is 12. The smallest absolute Gasteiger partial charge is 0.217 e. The number of halogens is 1. The van der Waals surface area contributed by atoms with Crippen LogP contribution >= 0.6 is 0 Å². The zero-order valence-corrected chi connectivity index (χ0v) is 17.2. The summed E-state index contributed by atoms with van der Waals surface area (Å²) in [6, 6.07) is 11.9. The summed E-state index contributed by atoms with van der Waals surface area (Å²) in [5, 5.41) is 3.25. The number of pyridine rings is 1. The summed E-state index contributed by atoms with van der Waals surface area (Å²) in [4.78, 5) is 6.00. The summed E-state index contributed by atoms with van der Waals surface area (Å²) in [7, 11) is 0. The van der Waals surface area contributed by atoms with Crippen LogP contribution in [0.15, 0.2) is 48.7 Å². The minimum atomic E-state index is -0.404. The number of allylic oxidation sites excluding steroid dienone is 1. The molecule has 0 bridgehead atoms. The van der Waals surface area contributed by atoms with E-state index in [0.29, 0.717) is 25.3 Å². The largest absolute Gasteiger partial charge is 0.379 e. The van der Waals surface area contributed by atoms with E-state index in [2.05, 4.69) is 60.2 Å². The monoisotopic (exact) mass is 385 g/mol. The Hall–Kier alpha value is -2.08. The van der Waals surface area contributed by atoms with Crippen molar-refractivity contribution in [1.82, 2.24) is 15.2 Å². The fourth-order valence-corrected chi connectivity index (χ4v) is 3.12. The van der Waals surface area contributed by atoms with E-state index in [4.69, 9.17) is 4.74 Å². The predicted molar refractivity (Wildman–Crippen MR) is 114 cm³/mol. The van der Waals surface area contributed by atoms with Gasteiger partial charge in [0.15, 0.2) is 0 Å². The van der Waals surface area contributed by atoms with Crippen molar-refractivity contribution in [1.29, 1.82) is 0 Å². The minimum absolute atomic E-state index is 0.404. The van der Waals surface area contributed by atoms with E-state index in [1.807, 2.05) is 6.07 Å². The second-order valence-electron chi connectivity index (χ2n) is 6.76. The third kappa shape index (κ3) is 7.15. The SMILES string of the molecule is C/C=C(/CN(CCOCCNCC)Cc1cccnc1F)c1ccccc1C. The Labute approximate surface area is 168 Å². The Kier molecular flexibility index (Phi) is 9.83. The molecule has 0 unspecified atom stereocenters. The highest BCUT2D eigenvalue weighted by molar-refractivity contribution is 5.69. The van der Waals surface area contributed by atoms with Crippen LogP contribution in [0.2, 0.25) is 0 Å². The molecule has 0 saturated heterocycles. The number of aryl methyl sites for hydroxylation is 1. The van der Waals surface area contributed by atoms with Crippen molar-refractivity contribution in [2.24, 2.45) is 0 Å². The number of nitrogens with zero attached hydrogens (tertiary/aromatic N) is 2. The van der Waals surface area contributed by atoms with Crippen molar-refractivity contribution in [3.8, 4) is 0 Å². The van der Waals surface area contributed by atoms with Crippen LogP contribution in [0.5, 0.6) is 0 Å². The molecule has 0 saturated carbocycles. The molecular formula is C23H32FN3O. The van der Waals surface area contributed by atoms with Crippen molar-refractivity contribution >= 4 is 5.57 Å². The molecule has 1 aromatic carbocycles. The van der Waals surface area contributed by atoms with E-state index in [0.717, 1.165) is 26.2 Å². The molecule has 0 radical (unpaired) electrons. The highest BCUT2D eigenvalue weighted by atomic mass is 19.1. The molecule has 2 aromatic rings. The van der Waals surface area contributed by atoms with E-state index in [9.17, 15) is 4.39 Å². The van der Waals surface area contributed by atoms with Gasteiger partial charge in [0.05, 0.1) is 13.2 Å². The molecule has 152 valence electrons.